The summed E-state index contributed by atoms with van der Waals surface area (Å²) in [7, 11) is 0. The number of urea groups is 1. The number of carbonyl (C=O) groups is 2. The Morgan fingerprint density at radius 1 is 1.12 bits per heavy atom. The summed E-state index contributed by atoms with van der Waals surface area (Å²) in [5, 5.41) is 5.00. The summed E-state index contributed by atoms with van der Waals surface area (Å²) in [5.41, 5.74) is 0.690. The maximum atomic E-state index is 13.7. The Morgan fingerprint density at radius 2 is 1.76 bits per heavy atom. The summed E-state index contributed by atoms with van der Waals surface area (Å²) in [5.74, 6) is -0.149. The number of piperazine rings is 1. The van der Waals surface area contributed by atoms with Crippen LogP contribution in [0.1, 0.15) is 19.4 Å². The van der Waals surface area contributed by atoms with E-state index < -0.39 is 6.03 Å². The summed E-state index contributed by atoms with van der Waals surface area (Å²) in [6.07, 6.45) is 0. The minimum absolute atomic E-state index is 0.184. The number of hydrogen-bond donors (Lipinski definition) is 2. The molecule has 7 heteroatoms. The highest BCUT2D eigenvalue weighted by Gasteiger charge is 2.20. The van der Waals surface area contributed by atoms with Crippen LogP contribution in [0.2, 0.25) is 0 Å². The Morgan fingerprint density at radius 3 is 2.40 bits per heavy atom. The van der Waals surface area contributed by atoms with Crippen molar-refractivity contribution in [2.24, 2.45) is 5.92 Å². The maximum absolute atomic E-state index is 13.7. The fourth-order valence-corrected chi connectivity index (χ4v) is 2.68. The zero-order valence-electron chi connectivity index (χ0n) is 14.9. The fourth-order valence-electron chi connectivity index (χ4n) is 2.68. The maximum Gasteiger partial charge on any atom is 0.321 e. The average molecular weight is 350 g/mol. The van der Waals surface area contributed by atoms with E-state index in [0.717, 1.165) is 26.2 Å². The monoisotopic (exact) mass is 350 g/mol. The van der Waals surface area contributed by atoms with E-state index in [4.69, 9.17) is 0 Å². The largest absolute Gasteiger partial charge is 0.338 e. The molecule has 25 heavy (non-hydrogen) atoms. The third-order valence-corrected chi connectivity index (χ3v) is 4.11. The highest BCUT2D eigenvalue weighted by molar-refractivity contribution is 5.95. The molecule has 0 spiro atoms. The molecule has 1 fully saturated rings. The first-order valence-corrected chi connectivity index (χ1v) is 8.70. The van der Waals surface area contributed by atoms with Crippen LogP contribution in [-0.4, -0.2) is 61.0 Å². The van der Waals surface area contributed by atoms with Crippen molar-refractivity contribution >= 4 is 11.9 Å². The van der Waals surface area contributed by atoms with E-state index in [-0.39, 0.29) is 18.3 Å². The molecule has 138 valence electrons. The van der Waals surface area contributed by atoms with Crippen LogP contribution in [0.4, 0.5) is 9.18 Å². The summed E-state index contributed by atoms with van der Waals surface area (Å²) < 4.78 is 13.7. The van der Waals surface area contributed by atoms with Gasteiger partial charge in [-0.3, -0.25) is 19.9 Å². The quantitative estimate of drug-likeness (QED) is 0.815. The van der Waals surface area contributed by atoms with Crippen LogP contribution < -0.4 is 10.6 Å². The molecule has 1 aromatic carbocycles. The molecule has 1 aromatic rings. The molecule has 2 N–H and O–H groups in total. The molecular formula is C18H27FN4O2. The molecule has 1 heterocycles. The molecule has 0 atom stereocenters. The van der Waals surface area contributed by atoms with Gasteiger partial charge in [-0.05, 0) is 12.0 Å². The van der Waals surface area contributed by atoms with Crippen molar-refractivity contribution in [2.75, 3.05) is 39.3 Å². The van der Waals surface area contributed by atoms with Crippen LogP contribution in [0, 0.1) is 11.7 Å². The Balaban J connectivity index is 1.69. The third-order valence-electron chi connectivity index (χ3n) is 4.11. The van der Waals surface area contributed by atoms with Gasteiger partial charge in [0.2, 0.25) is 5.91 Å². The van der Waals surface area contributed by atoms with Crippen molar-refractivity contribution in [2.45, 2.75) is 20.4 Å². The van der Waals surface area contributed by atoms with Crippen LogP contribution >= 0.6 is 0 Å². The van der Waals surface area contributed by atoms with Gasteiger partial charge in [-0.1, -0.05) is 32.0 Å². The molecule has 6 nitrogen and oxygen atoms in total. The predicted octanol–water partition coefficient (Wildman–Crippen LogP) is 1.43. The molecule has 1 aliphatic rings. The van der Waals surface area contributed by atoms with Gasteiger partial charge < -0.3 is 5.32 Å². The lowest BCUT2D eigenvalue weighted by Gasteiger charge is -2.34. The third kappa shape index (κ3) is 6.80. The van der Waals surface area contributed by atoms with E-state index in [2.05, 4.69) is 15.5 Å². The van der Waals surface area contributed by atoms with Gasteiger partial charge in [0.15, 0.2) is 0 Å². The van der Waals surface area contributed by atoms with E-state index in [1.807, 2.05) is 24.8 Å². The number of halogens is 1. The Bertz CT molecular complexity index is 586. The Kier molecular flexibility index (Phi) is 7.33. The van der Waals surface area contributed by atoms with E-state index in [0.29, 0.717) is 24.6 Å². The lowest BCUT2D eigenvalue weighted by molar-refractivity contribution is -0.121. The molecule has 2 rings (SSSR count). The molecule has 1 saturated heterocycles. The van der Waals surface area contributed by atoms with Crippen molar-refractivity contribution in [1.29, 1.82) is 0 Å². The molecule has 0 unspecified atom stereocenters. The second-order valence-corrected chi connectivity index (χ2v) is 6.80. The van der Waals surface area contributed by atoms with Crippen LogP contribution in [-0.2, 0) is 11.3 Å². The molecule has 1 aliphatic heterocycles. The van der Waals surface area contributed by atoms with Crippen LogP contribution in [0.15, 0.2) is 24.3 Å². The zero-order chi connectivity index (χ0) is 18.2. The van der Waals surface area contributed by atoms with Crippen molar-refractivity contribution in [3.05, 3.63) is 35.6 Å². The van der Waals surface area contributed by atoms with Crippen LogP contribution in [0.5, 0.6) is 0 Å². The van der Waals surface area contributed by atoms with Crippen LogP contribution in [0.25, 0.3) is 0 Å². The number of benzene rings is 1. The predicted molar refractivity (Wildman–Crippen MR) is 94.5 cm³/mol. The minimum Gasteiger partial charge on any atom is -0.338 e. The standard InChI is InChI=1S/C18H27FN4O2/c1-14(2)11-20-18(25)21-17(24)13-23-9-7-22(8-10-23)12-15-5-3-4-6-16(15)19/h3-6,14H,7-13H2,1-2H3,(H2,20,21,24,25). The second kappa shape index (κ2) is 9.48. The van der Waals surface area contributed by atoms with Gasteiger partial charge >= 0.3 is 6.03 Å². The molecule has 0 radical (unpaired) electrons. The normalized spacial score (nSPS) is 16.0. The van der Waals surface area contributed by atoms with E-state index >= 15 is 0 Å². The van der Waals surface area contributed by atoms with Crippen molar-refractivity contribution < 1.29 is 14.0 Å². The minimum atomic E-state index is -0.447. The number of nitrogens with zero attached hydrogens (tertiary/aromatic N) is 2. The van der Waals surface area contributed by atoms with Crippen molar-refractivity contribution in [1.82, 2.24) is 20.4 Å². The molecule has 0 aliphatic carbocycles. The zero-order valence-corrected chi connectivity index (χ0v) is 14.9. The van der Waals surface area contributed by atoms with Gasteiger partial charge in [-0.2, -0.15) is 0 Å². The average Bonchev–Trinajstić information content (AvgIpc) is 2.57. The van der Waals surface area contributed by atoms with Gasteiger partial charge in [-0.25, -0.2) is 9.18 Å². The molecule has 3 amide bonds. The number of carbonyl (C=O) groups excluding carboxylic acids is 2. The summed E-state index contributed by atoms with van der Waals surface area (Å²) in [6, 6.07) is 6.35. The van der Waals surface area contributed by atoms with Gasteiger partial charge in [0.25, 0.3) is 0 Å². The van der Waals surface area contributed by atoms with Gasteiger partial charge in [0, 0.05) is 44.8 Å². The second-order valence-electron chi connectivity index (χ2n) is 6.80. The molecule has 0 bridgehead atoms. The van der Waals surface area contributed by atoms with E-state index in [1.54, 1.807) is 12.1 Å². The van der Waals surface area contributed by atoms with Gasteiger partial charge in [0.1, 0.15) is 5.82 Å². The first kappa shape index (κ1) is 19.3. The first-order valence-electron chi connectivity index (χ1n) is 8.70. The number of rotatable bonds is 6. The SMILES string of the molecule is CC(C)CNC(=O)NC(=O)CN1CCN(Cc2ccccc2F)CC1. The molecular weight excluding hydrogens is 323 g/mol. The smallest absolute Gasteiger partial charge is 0.321 e. The highest BCUT2D eigenvalue weighted by Crippen LogP contribution is 2.11. The van der Waals surface area contributed by atoms with Gasteiger partial charge in [-0.15, -0.1) is 0 Å². The summed E-state index contributed by atoms with van der Waals surface area (Å²) in [4.78, 5) is 27.7. The highest BCUT2D eigenvalue weighted by atomic mass is 19.1. The van der Waals surface area contributed by atoms with Crippen LogP contribution in [0.3, 0.4) is 0 Å². The number of imide groups is 1. The van der Waals surface area contributed by atoms with Crippen molar-refractivity contribution in [3.63, 3.8) is 0 Å². The summed E-state index contributed by atoms with van der Waals surface area (Å²) >= 11 is 0. The first-order chi connectivity index (χ1) is 11.9. The van der Waals surface area contributed by atoms with E-state index in [9.17, 15) is 14.0 Å². The van der Waals surface area contributed by atoms with E-state index in [1.165, 1.54) is 6.07 Å². The Hall–Kier alpha value is -1.99. The topological polar surface area (TPSA) is 64.7 Å². The van der Waals surface area contributed by atoms with Gasteiger partial charge in [0.05, 0.1) is 6.54 Å². The number of amides is 3. The molecule has 0 saturated carbocycles. The Labute approximate surface area is 148 Å². The lowest BCUT2D eigenvalue weighted by atomic mass is 10.2. The summed E-state index contributed by atoms with van der Waals surface area (Å²) in [6.45, 7) is 8.25. The number of nitrogens with one attached hydrogen (secondary N) is 2. The lowest BCUT2D eigenvalue weighted by Crippen LogP contribution is -2.51. The number of hydrogen-bond acceptors (Lipinski definition) is 4. The fraction of sp³-hybridized carbons (Fsp3) is 0.556. The molecule has 0 aromatic heterocycles. The van der Waals surface area contributed by atoms with Crippen molar-refractivity contribution in [3.8, 4) is 0 Å².